The first-order valence-corrected chi connectivity index (χ1v) is 5.57. The summed E-state index contributed by atoms with van der Waals surface area (Å²) in [5.74, 6) is 0.0240. The fourth-order valence-corrected chi connectivity index (χ4v) is 1.35. The predicted octanol–water partition coefficient (Wildman–Crippen LogP) is 2.03. The molecule has 0 aromatic rings. The summed E-state index contributed by atoms with van der Waals surface area (Å²) in [4.78, 5) is 11.2. The molecule has 110 valence electrons. The molecule has 5 nitrogen and oxygen atoms in total. The largest absolute Gasteiger partial charge is 0.522 e. The second-order valence-electron chi connectivity index (χ2n) is 3.69. The Balaban J connectivity index is 2.48. The summed E-state index contributed by atoms with van der Waals surface area (Å²) < 4.78 is 43.7. The lowest BCUT2D eigenvalue weighted by atomic mass is 10.1. The number of hydrogen-bond acceptors (Lipinski definition) is 5. The summed E-state index contributed by atoms with van der Waals surface area (Å²) in [5.41, 5.74) is 0.614. The van der Waals surface area contributed by atoms with Crippen LogP contribution in [0.1, 0.15) is 6.92 Å². The third-order valence-corrected chi connectivity index (χ3v) is 2.22. The van der Waals surface area contributed by atoms with Crippen LogP contribution in [0.5, 0.6) is 0 Å². The number of nitrogens with one attached hydrogen (secondary N) is 2. The first-order valence-electron chi connectivity index (χ1n) is 5.57. The van der Waals surface area contributed by atoms with Crippen molar-refractivity contribution in [2.75, 3.05) is 13.2 Å². The van der Waals surface area contributed by atoms with Crippen LogP contribution in [0.15, 0.2) is 35.4 Å². The van der Waals surface area contributed by atoms with Crippen LogP contribution in [-0.2, 0) is 14.3 Å². The predicted molar refractivity (Wildman–Crippen MR) is 64.8 cm³/mol. The number of ether oxygens (including phenoxy) is 2. The van der Waals surface area contributed by atoms with Crippen molar-refractivity contribution in [3.8, 4) is 0 Å². The summed E-state index contributed by atoms with van der Waals surface area (Å²) in [7, 11) is 0. The highest BCUT2D eigenvalue weighted by Crippen LogP contribution is 2.16. The second-order valence-corrected chi connectivity index (χ2v) is 3.69. The number of alkyl halides is 3. The van der Waals surface area contributed by atoms with Gasteiger partial charge in [-0.1, -0.05) is 0 Å². The van der Waals surface area contributed by atoms with E-state index in [0.717, 1.165) is 6.21 Å². The lowest BCUT2D eigenvalue weighted by Gasteiger charge is -2.14. The Bertz CT molecular complexity index is 479. The number of allylic oxidation sites excluding steroid dienone is 3. The molecule has 20 heavy (non-hydrogen) atoms. The molecule has 0 atom stereocenters. The third-order valence-electron chi connectivity index (χ3n) is 2.22. The van der Waals surface area contributed by atoms with Crippen molar-refractivity contribution in [1.29, 1.82) is 5.41 Å². The van der Waals surface area contributed by atoms with Gasteiger partial charge in [-0.25, -0.2) is 0 Å². The molecule has 0 saturated heterocycles. The number of Topliss-reactive ketones (excluding diaryl/α,β-unsaturated/α-hetero) is 1. The van der Waals surface area contributed by atoms with Gasteiger partial charge >= 0.3 is 6.36 Å². The molecule has 0 aromatic heterocycles. The molecule has 0 fully saturated rings. The molecule has 0 spiro atoms. The van der Waals surface area contributed by atoms with E-state index in [9.17, 15) is 18.0 Å². The van der Waals surface area contributed by atoms with Gasteiger partial charge in [-0.3, -0.25) is 9.53 Å². The third kappa shape index (κ3) is 5.27. The highest BCUT2D eigenvalue weighted by Gasteiger charge is 2.28. The minimum atomic E-state index is -4.67. The normalized spacial score (nSPS) is 17.1. The van der Waals surface area contributed by atoms with Crippen LogP contribution in [0.4, 0.5) is 13.2 Å². The Morgan fingerprint density at radius 1 is 1.40 bits per heavy atom. The summed E-state index contributed by atoms with van der Waals surface area (Å²) in [6.07, 6.45) is 0.615. The Hall–Kier alpha value is -2.09. The summed E-state index contributed by atoms with van der Waals surface area (Å²) in [5, 5.41) is 9.85. The first kappa shape index (κ1) is 16.0. The van der Waals surface area contributed by atoms with Crippen LogP contribution in [0, 0.1) is 5.41 Å². The van der Waals surface area contributed by atoms with Gasteiger partial charge in [-0.15, -0.1) is 13.2 Å². The zero-order valence-electron chi connectivity index (χ0n) is 10.6. The van der Waals surface area contributed by atoms with Gasteiger partial charge in [0.1, 0.15) is 12.4 Å². The monoisotopic (exact) mass is 290 g/mol. The fraction of sp³-hybridized carbons (Fsp3) is 0.333. The molecule has 1 aliphatic rings. The molecule has 1 heterocycles. The van der Waals surface area contributed by atoms with Gasteiger partial charge in [-0.2, -0.15) is 0 Å². The van der Waals surface area contributed by atoms with E-state index >= 15 is 0 Å². The van der Waals surface area contributed by atoms with Crippen molar-refractivity contribution < 1.29 is 27.4 Å². The highest BCUT2D eigenvalue weighted by molar-refractivity contribution is 6.12. The molecular weight excluding hydrogens is 277 g/mol. The van der Waals surface area contributed by atoms with Crippen molar-refractivity contribution >= 4 is 12.0 Å². The van der Waals surface area contributed by atoms with Crippen LogP contribution in [-0.4, -0.2) is 31.6 Å². The van der Waals surface area contributed by atoms with Gasteiger partial charge in [0.2, 0.25) is 0 Å². The minimum absolute atomic E-state index is 0.192. The molecule has 0 aliphatic carbocycles. The van der Waals surface area contributed by atoms with Crippen molar-refractivity contribution in [3.63, 3.8) is 0 Å². The maximum absolute atomic E-state index is 11.7. The summed E-state index contributed by atoms with van der Waals surface area (Å²) in [6, 6.07) is 0. The van der Waals surface area contributed by atoms with Crippen LogP contribution in [0.3, 0.4) is 0 Å². The van der Waals surface area contributed by atoms with Crippen LogP contribution in [0.25, 0.3) is 0 Å². The number of rotatable bonds is 6. The maximum Gasteiger partial charge on any atom is 0.522 e. The summed E-state index contributed by atoms with van der Waals surface area (Å²) >= 11 is 0. The maximum atomic E-state index is 11.7. The fourth-order valence-electron chi connectivity index (χ4n) is 1.35. The average Bonchev–Trinajstić information content (AvgIpc) is 2.35. The number of ketones is 1. The Labute approximate surface area is 113 Å². The van der Waals surface area contributed by atoms with E-state index in [2.05, 4.69) is 10.1 Å². The Kier molecular flexibility index (Phi) is 5.51. The number of carbonyl (C=O) groups is 1. The van der Waals surface area contributed by atoms with E-state index in [1.165, 1.54) is 25.3 Å². The molecule has 0 unspecified atom stereocenters. The van der Waals surface area contributed by atoms with Gasteiger partial charge in [0.25, 0.3) is 0 Å². The summed E-state index contributed by atoms with van der Waals surface area (Å²) in [6.45, 7) is 0.449. The van der Waals surface area contributed by atoms with Crippen molar-refractivity contribution in [1.82, 2.24) is 5.32 Å². The van der Waals surface area contributed by atoms with E-state index in [1.54, 1.807) is 0 Å². The second kappa shape index (κ2) is 6.90. The van der Waals surface area contributed by atoms with Gasteiger partial charge < -0.3 is 15.5 Å². The Morgan fingerprint density at radius 2 is 2.10 bits per heavy atom. The SMILES string of the molecule is CC(=O)/C(C=N)=C1\C=CC(OCCOC(F)(F)F)=CN1. The zero-order valence-corrected chi connectivity index (χ0v) is 10.6. The number of hydrogen-bond donors (Lipinski definition) is 2. The Morgan fingerprint density at radius 3 is 2.55 bits per heavy atom. The van der Waals surface area contributed by atoms with E-state index in [1.807, 2.05) is 0 Å². The molecule has 1 rings (SSSR count). The highest BCUT2D eigenvalue weighted by atomic mass is 19.4. The van der Waals surface area contributed by atoms with E-state index in [-0.39, 0.29) is 18.0 Å². The molecule has 8 heteroatoms. The van der Waals surface area contributed by atoms with Crippen LogP contribution in [0.2, 0.25) is 0 Å². The van der Waals surface area contributed by atoms with Gasteiger partial charge in [0.05, 0.1) is 17.9 Å². The number of carbonyl (C=O) groups excluding carboxylic acids is 1. The molecule has 0 aromatic carbocycles. The molecule has 0 radical (unpaired) electrons. The van der Waals surface area contributed by atoms with Crippen molar-refractivity contribution in [2.24, 2.45) is 0 Å². The zero-order chi connectivity index (χ0) is 15.2. The lowest BCUT2D eigenvalue weighted by molar-refractivity contribution is -0.326. The molecule has 1 aliphatic heterocycles. The van der Waals surface area contributed by atoms with E-state index in [0.29, 0.717) is 11.5 Å². The minimum Gasteiger partial charge on any atom is -0.490 e. The molecular formula is C12H13F3N2O3. The van der Waals surface area contributed by atoms with Crippen molar-refractivity contribution in [3.05, 3.63) is 35.4 Å². The van der Waals surface area contributed by atoms with Gasteiger partial charge in [0.15, 0.2) is 5.78 Å². The quantitative estimate of drug-likeness (QED) is 0.446. The average molecular weight is 290 g/mol. The topological polar surface area (TPSA) is 71.4 Å². The first-order chi connectivity index (χ1) is 9.33. The smallest absolute Gasteiger partial charge is 0.490 e. The molecule has 0 amide bonds. The molecule has 0 saturated carbocycles. The van der Waals surface area contributed by atoms with Crippen LogP contribution < -0.4 is 5.32 Å². The van der Waals surface area contributed by atoms with Crippen molar-refractivity contribution in [2.45, 2.75) is 13.3 Å². The lowest BCUT2D eigenvalue weighted by Crippen LogP contribution is -2.18. The van der Waals surface area contributed by atoms with E-state index < -0.39 is 13.0 Å². The van der Waals surface area contributed by atoms with Gasteiger partial charge in [-0.05, 0) is 19.1 Å². The standard InChI is InChI=1S/C12H13F3N2O3/c1-8(18)10(6-16)11-3-2-9(7-17-11)19-4-5-20-12(13,14)15/h2-3,6-7,16-17H,4-5H2,1H3/b11-10+,16-6?. The van der Waals surface area contributed by atoms with E-state index in [4.69, 9.17) is 10.1 Å². The van der Waals surface area contributed by atoms with Gasteiger partial charge in [0, 0.05) is 12.4 Å². The molecule has 0 bridgehead atoms. The molecule has 2 N–H and O–H groups in total. The number of dihydropyridines is 1. The number of halogens is 3. The van der Waals surface area contributed by atoms with Crippen LogP contribution >= 0.6 is 0 Å².